The van der Waals surface area contributed by atoms with E-state index in [1.54, 1.807) is 0 Å². The molecular formula is C22H18N2. The van der Waals surface area contributed by atoms with Crippen LogP contribution in [0.15, 0.2) is 48.5 Å². The second kappa shape index (κ2) is 4.75. The van der Waals surface area contributed by atoms with Crippen molar-refractivity contribution in [3.63, 3.8) is 0 Å². The maximum Gasteiger partial charge on any atom is 0.0465 e. The van der Waals surface area contributed by atoms with E-state index in [1.807, 2.05) is 0 Å². The fraction of sp³-hybridized carbons (Fsp3) is 0.0909. The molecule has 2 aliphatic rings. The number of rotatable bonds is 0. The Kier molecular flexibility index (Phi) is 2.66. The van der Waals surface area contributed by atoms with Crippen LogP contribution in [0.3, 0.4) is 0 Å². The van der Waals surface area contributed by atoms with Crippen molar-refractivity contribution in [1.29, 1.82) is 0 Å². The zero-order valence-corrected chi connectivity index (χ0v) is 13.8. The highest BCUT2D eigenvalue weighted by molar-refractivity contribution is 5.84. The SMILES string of the molecule is Cc1ccc2c(c1)C=c1cc3c(cc1N2)=Cc1cc(C)ccc1N3. The molecule has 2 nitrogen and oxygen atoms in total. The third-order valence-corrected chi connectivity index (χ3v) is 4.80. The Morgan fingerprint density at radius 1 is 0.542 bits per heavy atom. The summed E-state index contributed by atoms with van der Waals surface area (Å²) in [5.41, 5.74) is 9.74. The maximum atomic E-state index is 3.57. The molecule has 0 fully saturated rings. The lowest BCUT2D eigenvalue weighted by molar-refractivity contribution is 1.37. The van der Waals surface area contributed by atoms with Crippen LogP contribution in [0.4, 0.5) is 22.7 Å². The first kappa shape index (κ1) is 13.4. The third-order valence-electron chi connectivity index (χ3n) is 4.80. The maximum absolute atomic E-state index is 3.57. The molecule has 0 aliphatic carbocycles. The van der Waals surface area contributed by atoms with Crippen LogP contribution < -0.4 is 21.1 Å². The van der Waals surface area contributed by atoms with E-state index in [0.717, 1.165) is 0 Å². The van der Waals surface area contributed by atoms with Crippen LogP contribution in [0.1, 0.15) is 22.3 Å². The summed E-state index contributed by atoms with van der Waals surface area (Å²) in [6, 6.07) is 17.5. The topological polar surface area (TPSA) is 24.1 Å². The summed E-state index contributed by atoms with van der Waals surface area (Å²) < 4.78 is 0. The number of benzene rings is 3. The zero-order valence-electron chi connectivity index (χ0n) is 13.8. The van der Waals surface area contributed by atoms with Crippen LogP contribution in [0, 0.1) is 13.8 Å². The molecule has 24 heavy (non-hydrogen) atoms. The Bertz CT molecular complexity index is 1030. The fourth-order valence-corrected chi connectivity index (χ4v) is 3.54. The van der Waals surface area contributed by atoms with Crippen LogP contribution >= 0.6 is 0 Å². The lowest BCUT2D eigenvalue weighted by Gasteiger charge is -2.21. The second-order valence-corrected chi connectivity index (χ2v) is 6.75. The predicted octanol–water partition coefficient (Wildman–Crippen LogP) is 4.08. The molecule has 0 unspecified atom stereocenters. The monoisotopic (exact) mass is 310 g/mol. The summed E-state index contributed by atoms with van der Waals surface area (Å²) in [4.78, 5) is 0. The summed E-state index contributed by atoms with van der Waals surface area (Å²) in [7, 11) is 0. The minimum Gasteiger partial charge on any atom is -0.355 e. The molecule has 2 aliphatic heterocycles. The van der Waals surface area contributed by atoms with Gasteiger partial charge in [0.15, 0.2) is 0 Å². The van der Waals surface area contributed by atoms with Gasteiger partial charge in [0.2, 0.25) is 0 Å². The van der Waals surface area contributed by atoms with Gasteiger partial charge in [0.1, 0.15) is 0 Å². The van der Waals surface area contributed by atoms with Gasteiger partial charge in [-0.2, -0.15) is 0 Å². The number of hydrogen-bond acceptors (Lipinski definition) is 2. The van der Waals surface area contributed by atoms with Crippen molar-refractivity contribution in [3.05, 3.63) is 81.2 Å². The number of nitrogens with one attached hydrogen (secondary N) is 2. The van der Waals surface area contributed by atoms with Gasteiger partial charge in [-0.15, -0.1) is 0 Å². The van der Waals surface area contributed by atoms with Gasteiger partial charge in [-0.1, -0.05) is 23.3 Å². The number of fused-ring (bicyclic) bond motifs is 4. The molecule has 0 amide bonds. The van der Waals surface area contributed by atoms with Crippen molar-refractivity contribution in [2.75, 3.05) is 10.6 Å². The van der Waals surface area contributed by atoms with E-state index >= 15 is 0 Å². The summed E-state index contributed by atoms with van der Waals surface area (Å²) in [6.45, 7) is 4.26. The fourth-order valence-electron chi connectivity index (χ4n) is 3.54. The first-order valence-corrected chi connectivity index (χ1v) is 8.29. The van der Waals surface area contributed by atoms with Crippen molar-refractivity contribution in [3.8, 4) is 0 Å². The summed E-state index contributed by atoms with van der Waals surface area (Å²) in [5, 5.41) is 9.60. The minimum atomic E-state index is 1.17. The quantitative estimate of drug-likeness (QED) is 0.450. The van der Waals surface area contributed by atoms with Crippen LogP contribution in [-0.4, -0.2) is 0 Å². The largest absolute Gasteiger partial charge is 0.355 e. The van der Waals surface area contributed by atoms with Crippen molar-refractivity contribution in [2.45, 2.75) is 13.8 Å². The van der Waals surface area contributed by atoms with Crippen molar-refractivity contribution in [2.24, 2.45) is 0 Å². The molecule has 5 rings (SSSR count). The molecule has 0 spiro atoms. The number of hydrogen-bond donors (Lipinski definition) is 2. The molecule has 0 radical (unpaired) electrons. The standard InChI is InChI=1S/C22H18N2/c1-13-3-5-19-15(7-13)9-17-11-22-18(12-21(17)23-19)10-16-8-14(2)4-6-20(16)24-22/h3-12,23-24H,1-2H3. The van der Waals surface area contributed by atoms with Crippen LogP contribution in [-0.2, 0) is 0 Å². The molecule has 3 aromatic rings. The number of aryl methyl sites for hydroxylation is 2. The van der Waals surface area contributed by atoms with E-state index in [4.69, 9.17) is 0 Å². The van der Waals surface area contributed by atoms with Crippen molar-refractivity contribution in [1.82, 2.24) is 0 Å². The highest BCUT2D eigenvalue weighted by Gasteiger charge is 2.13. The predicted molar refractivity (Wildman–Crippen MR) is 102 cm³/mol. The Hall–Kier alpha value is -3.00. The smallest absolute Gasteiger partial charge is 0.0465 e. The molecule has 2 N–H and O–H groups in total. The lowest BCUT2D eigenvalue weighted by Crippen LogP contribution is -2.22. The summed E-state index contributed by atoms with van der Waals surface area (Å²) in [5.74, 6) is 0. The van der Waals surface area contributed by atoms with Crippen LogP contribution in [0.2, 0.25) is 0 Å². The zero-order chi connectivity index (χ0) is 16.3. The van der Waals surface area contributed by atoms with E-state index in [2.05, 4.69) is 85.2 Å². The average molecular weight is 310 g/mol. The van der Waals surface area contributed by atoms with Crippen LogP contribution in [0.5, 0.6) is 0 Å². The molecular weight excluding hydrogens is 292 g/mol. The normalized spacial score (nSPS) is 13.1. The highest BCUT2D eigenvalue weighted by Crippen LogP contribution is 2.28. The van der Waals surface area contributed by atoms with Gasteiger partial charge in [0.05, 0.1) is 0 Å². The minimum absolute atomic E-state index is 1.17. The van der Waals surface area contributed by atoms with E-state index in [9.17, 15) is 0 Å². The first-order chi connectivity index (χ1) is 11.7. The summed E-state index contributed by atoms with van der Waals surface area (Å²) >= 11 is 0. The van der Waals surface area contributed by atoms with E-state index in [0.29, 0.717) is 0 Å². The third kappa shape index (κ3) is 2.04. The highest BCUT2D eigenvalue weighted by atomic mass is 14.9. The molecule has 0 atom stereocenters. The summed E-state index contributed by atoms with van der Waals surface area (Å²) in [6.07, 6.45) is 4.53. The van der Waals surface area contributed by atoms with E-state index < -0.39 is 0 Å². The van der Waals surface area contributed by atoms with Gasteiger partial charge in [0, 0.05) is 33.2 Å². The Labute approximate surface area is 141 Å². The van der Waals surface area contributed by atoms with Gasteiger partial charge in [-0.3, -0.25) is 0 Å². The molecule has 0 saturated heterocycles. The molecule has 3 aromatic carbocycles. The van der Waals surface area contributed by atoms with Gasteiger partial charge < -0.3 is 10.6 Å². The number of anilines is 4. The molecule has 2 heteroatoms. The van der Waals surface area contributed by atoms with Crippen molar-refractivity contribution >= 4 is 34.9 Å². The second-order valence-electron chi connectivity index (χ2n) is 6.75. The molecule has 0 bridgehead atoms. The molecule has 116 valence electrons. The van der Waals surface area contributed by atoms with Gasteiger partial charge in [-0.25, -0.2) is 0 Å². The first-order valence-electron chi connectivity index (χ1n) is 8.29. The van der Waals surface area contributed by atoms with Gasteiger partial charge in [0.25, 0.3) is 0 Å². The van der Waals surface area contributed by atoms with Crippen molar-refractivity contribution < 1.29 is 0 Å². The van der Waals surface area contributed by atoms with Crippen LogP contribution in [0.25, 0.3) is 12.2 Å². The Balaban J connectivity index is 1.73. The Morgan fingerprint density at radius 3 is 1.46 bits per heavy atom. The van der Waals surface area contributed by atoms with Gasteiger partial charge in [-0.05, 0) is 73.5 Å². The molecule has 0 saturated carbocycles. The molecule has 0 aromatic heterocycles. The molecule has 2 heterocycles. The van der Waals surface area contributed by atoms with Gasteiger partial charge >= 0.3 is 0 Å². The average Bonchev–Trinajstić information content (AvgIpc) is 2.56. The van der Waals surface area contributed by atoms with E-state index in [-0.39, 0.29) is 0 Å². The Morgan fingerprint density at radius 2 is 1.00 bits per heavy atom. The van der Waals surface area contributed by atoms with E-state index in [1.165, 1.54) is 55.4 Å². The lowest BCUT2D eigenvalue weighted by atomic mass is 9.99.